The average Bonchev–Trinajstić information content (AvgIpc) is 2.71. The highest BCUT2D eigenvalue weighted by atomic mass is 79.9. The van der Waals surface area contributed by atoms with Gasteiger partial charge >= 0.3 is 0 Å². The number of benzene rings is 2. The summed E-state index contributed by atoms with van der Waals surface area (Å²) in [5.41, 5.74) is 1.70. The van der Waals surface area contributed by atoms with Crippen molar-refractivity contribution in [1.82, 2.24) is 0 Å². The molecule has 1 aliphatic rings. The largest absolute Gasteiger partial charge is 0.490 e. The first-order chi connectivity index (χ1) is 10.1. The Labute approximate surface area is 136 Å². The Morgan fingerprint density at radius 1 is 1.05 bits per heavy atom. The molecule has 2 nitrogen and oxygen atoms in total. The van der Waals surface area contributed by atoms with Gasteiger partial charge in [-0.25, -0.2) is 4.39 Å². The molecule has 2 aromatic rings. The molecule has 2 aromatic carbocycles. The molecular formula is C16H13BrClFO2. The van der Waals surface area contributed by atoms with Crippen molar-refractivity contribution in [2.24, 2.45) is 0 Å². The fourth-order valence-electron chi connectivity index (χ4n) is 2.21. The van der Waals surface area contributed by atoms with Crippen LogP contribution in [0.3, 0.4) is 0 Å². The van der Waals surface area contributed by atoms with Gasteiger partial charge in [-0.3, -0.25) is 0 Å². The Bertz CT molecular complexity index is 645. The van der Waals surface area contributed by atoms with Crippen LogP contribution in [0.5, 0.6) is 11.5 Å². The lowest BCUT2D eigenvalue weighted by Crippen LogP contribution is -1.98. The highest BCUT2D eigenvalue weighted by molar-refractivity contribution is 9.10. The van der Waals surface area contributed by atoms with E-state index in [2.05, 4.69) is 15.9 Å². The molecule has 0 amide bonds. The molecule has 0 radical (unpaired) electrons. The van der Waals surface area contributed by atoms with Crippen molar-refractivity contribution in [3.63, 3.8) is 0 Å². The van der Waals surface area contributed by atoms with Crippen LogP contribution < -0.4 is 9.47 Å². The Kier molecular flexibility index (Phi) is 4.36. The highest BCUT2D eigenvalue weighted by Crippen LogP contribution is 2.41. The Morgan fingerprint density at radius 3 is 2.33 bits per heavy atom. The number of rotatable bonds is 2. The molecular weight excluding hydrogens is 359 g/mol. The van der Waals surface area contributed by atoms with Gasteiger partial charge in [0.05, 0.1) is 18.6 Å². The monoisotopic (exact) mass is 370 g/mol. The van der Waals surface area contributed by atoms with Crippen LogP contribution in [0.1, 0.15) is 22.9 Å². The maximum atomic E-state index is 13.0. The van der Waals surface area contributed by atoms with Gasteiger partial charge in [0.1, 0.15) is 5.82 Å². The van der Waals surface area contributed by atoms with Gasteiger partial charge < -0.3 is 9.47 Å². The lowest BCUT2D eigenvalue weighted by atomic mass is 10.0. The number of hydrogen-bond acceptors (Lipinski definition) is 2. The highest BCUT2D eigenvalue weighted by Gasteiger charge is 2.19. The molecule has 0 N–H and O–H groups in total. The quantitative estimate of drug-likeness (QED) is 0.686. The van der Waals surface area contributed by atoms with Crippen molar-refractivity contribution in [3.05, 3.63) is 57.8 Å². The summed E-state index contributed by atoms with van der Waals surface area (Å²) in [6.45, 7) is 1.26. The number of fused-ring (bicyclic) bond motifs is 1. The zero-order valence-electron chi connectivity index (χ0n) is 11.1. The van der Waals surface area contributed by atoms with Crippen molar-refractivity contribution in [3.8, 4) is 11.5 Å². The minimum Gasteiger partial charge on any atom is -0.490 e. The summed E-state index contributed by atoms with van der Waals surface area (Å²) in [6.07, 6.45) is 0.851. The second-order valence-corrected chi connectivity index (χ2v) is 6.08. The molecule has 1 atom stereocenters. The molecule has 21 heavy (non-hydrogen) atoms. The smallest absolute Gasteiger partial charge is 0.162 e. The maximum absolute atomic E-state index is 13.0. The summed E-state index contributed by atoms with van der Waals surface area (Å²) in [5.74, 6) is 1.13. The van der Waals surface area contributed by atoms with Crippen LogP contribution in [-0.2, 0) is 0 Å². The molecule has 0 spiro atoms. The molecule has 1 aliphatic heterocycles. The van der Waals surface area contributed by atoms with Gasteiger partial charge in [-0.1, -0.05) is 28.1 Å². The minimum absolute atomic E-state index is 0.277. The third kappa shape index (κ3) is 3.16. The van der Waals surface area contributed by atoms with Crippen molar-refractivity contribution >= 4 is 27.5 Å². The first-order valence-corrected chi connectivity index (χ1v) is 7.86. The Hall–Kier alpha value is -1.26. The van der Waals surface area contributed by atoms with Crippen LogP contribution in [0.25, 0.3) is 0 Å². The van der Waals surface area contributed by atoms with Gasteiger partial charge in [0.25, 0.3) is 0 Å². The fourth-order valence-corrected chi connectivity index (χ4v) is 3.21. The number of hydrogen-bond donors (Lipinski definition) is 0. The molecule has 1 heterocycles. The van der Waals surface area contributed by atoms with Crippen molar-refractivity contribution in [2.75, 3.05) is 13.2 Å². The van der Waals surface area contributed by atoms with E-state index in [9.17, 15) is 4.39 Å². The molecule has 0 fully saturated rings. The zero-order valence-corrected chi connectivity index (χ0v) is 13.5. The maximum Gasteiger partial charge on any atom is 0.162 e. The van der Waals surface area contributed by atoms with E-state index < -0.39 is 5.38 Å². The summed E-state index contributed by atoms with van der Waals surface area (Å²) < 4.78 is 25.2. The molecule has 0 saturated heterocycles. The summed E-state index contributed by atoms with van der Waals surface area (Å²) in [6, 6.07) is 9.93. The van der Waals surface area contributed by atoms with Crippen LogP contribution in [0, 0.1) is 5.82 Å². The summed E-state index contributed by atoms with van der Waals surface area (Å²) in [4.78, 5) is 0. The van der Waals surface area contributed by atoms with E-state index in [0.29, 0.717) is 24.7 Å². The third-order valence-corrected chi connectivity index (χ3v) is 4.48. The van der Waals surface area contributed by atoms with Crippen molar-refractivity contribution in [1.29, 1.82) is 0 Å². The SMILES string of the molecule is Fc1ccc(C(Cl)c2cc3c(cc2Br)OCCCO3)cc1. The van der Waals surface area contributed by atoms with Crippen LogP contribution in [0.15, 0.2) is 40.9 Å². The second-order valence-electron chi connectivity index (χ2n) is 4.79. The molecule has 110 valence electrons. The topological polar surface area (TPSA) is 18.5 Å². The van der Waals surface area contributed by atoms with Crippen LogP contribution >= 0.6 is 27.5 Å². The van der Waals surface area contributed by atoms with E-state index in [1.807, 2.05) is 12.1 Å². The van der Waals surface area contributed by atoms with Crippen molar-refractivity contribution < 1.29 is 13.9 Å². The van der Waals surface area contributed by atoms with Gasteiger partial charge in [-0.2, -0.15) is 0 Å². The van der Waals surface area contributed by atoms with E-state index in [1.54, 1.807) is 12.1 Å². The molecule has 0 saturated carbocycles. The molecule has 0 bridgehead atoms. The lowest BCUT2D eigenvalue weighted by molar-refractivity contribution is 0.297. The van der Waals surface area contributed by atoms with Gasteiger partial charge in [-0.05, 0) is 35.4 Å². The first-order valence-electron chi connectivity index (χ1n) is 6.64. The van der Waals surface area contributed by atoms with E-state index in [-0.39, 0.29) is 5.82 Å². The van der Waals surface area contributed by atoms with E-state index in [0.717, 1.165) is 22.0 Å². The van der Waals surface area contributed by atoms with E-state index >= 15 is 0 Å². The van der Waals surface area contributed by atoms with Crippen molar-refractivity contribution in [2.45, 2.75) is 11.8 Å². The van der Waals surface area contributed by atoms with E-state index in [4.69, 9.17) is 21.1 Å². The summed E-state index contributed by atoms with van der Waals surface area (Å²) in [5, 5.41) is -0.392. The molecule has 1 unspecified atom stereocenters. The second kappa shape index (κ2) is 6.24. The molecule has 5 heteroatoms. The Balaban J connectivity index is 1.97. The summed E-state index contributed by atoms with van der Waals surface area (Å²) in [7, 11) is 0. The minimum atomic E-state index is -0.392. The number of alkyl halides is 1. The third-order valence-electron chi connectivity index (χ3n) is 3.30. The predicted molar refractivity (Wildman–Crippen MR) is 83.8 cm³/mol. The molecule has 3 rings (SSSR count). The van der Waals surface area contributed by atoms with Crippen LogP contribution in [0.4, 0.5) is 4.39 Å². The summed E-state index contributed by atoms with van der Waals surface area (Å²) >= 11 is 10.0. The van der Waals surface area contributed by atoms with Gasteiger partial charge in [0.2, 0.25) is 0 Å². The van der Waals surface area contributed by atoms with Gasteiger partial charge in [-0.15, -0.1) is 11.6 Å². The van der Waals surface area contributed by atoms with Crippen LogP contribution in [-0.4, -0.2) is 13.2 Å². The standard InChI is InChI=1S/C16H13BrClFO2/c17-13-9-15-14(20-6-1-7-21-15)8-12(13)16(18)10-2-4-11(19)5-3-10/h2-5,8-9,16H,1,6-7H2. The lowest BCUT2D eigenvalue weighted by Gasteiger charge is -2.16. The van der Waals surface area contributed by atoms with Gasteiger partial charge in [0, 0.05) is 10.9 Å². The number of halogens is 3. The molecule has 0 aliphatic carbocycles. The van der Waals surface area contributed by atoms with Crippen LogP contribution in [0.2, 0.25) is 0 Å². The average molecular weight is 372 g/mol. The number of ether oxygens (including phenoxy) is 2. The fraction of sp³-hybridized carbons (Fsp3) is 0.250. The normalized spacial score (nSPS) is 15.4. The molecule has 0 aromatic heterocycles. The predicted octanol–water partition coefficient (Wildman–Crippen LogP) is 5.08. The van der Waals surface area contributed by atoms with E-state index in [1.165, 1.54) is 12.1 Å². The van der Waals surface area contributed by atoms with Gasteiger partial charge in [0.15, 0.2) is 11.5 Å². The Morgan fingerprint density at radius 2 is 1.67 bits per heavy atom. The zero-order chi connectivity index (χ0) is 14.8. The first kappa shape index (κ1) is 14.7.